The standard InChI is InChI=1S/C20H23NO4/c1-4-13-24-18-8-6-7-15(14-18)21-20(22)19(5-2)25-17-11-9-16(23-3)10-12-17/h4,6-12,14,19H,1,5,13H2,2-3H3,(H,21,22). The van der Waals surface area contributed by atoms with Gasteiger partial charge in [0.25, 0.3) is 5.91 Å². The molecule has 2 aromatic carbocycles. The van der Waals surface area contributed by atoms with Gasteiger partial charge in [-0.15, -0.1) is 0 Å². The Morgan fingerprint density at radius 3 is 2.52 bits per heavy atom. The van der Waals surface area contributed by atoms with Crippen molar-refractivity contribution in [2.45, 2.75) is 19.4 Å². The molecule has 1 amide bonds. The summed E-state index contributed by atoms with van der Waals surface area (Å²) in [6, 6.07) is 14.3. The van der Waals surface area contributed by atoms with E-state index < -0.39 is 6.10 Å². The van der Waals surface area contributed by atoms with Crippen molar-refractivity contribution >= 4 is 11.6 Å². The zero-order valence-corrected chi connectivity index (χ0v) is 14.5. The van der Waals surface area contributed by atoms with Crippen LogP contribution in [-0.2, 0) is 4.79 Å². The summed E-state index contributed by atoms with van der Waals surface area (Å²) in [7, 11) is 1.60. The first-order valence-corrected chi connectivity index (χ1v) is 8.11. The van der Waals surface area contributed by atoms with Gasteiger partial charge in [-0.1, -0.05) is 25.6 Å². The lowest BCUT2D eigenvalue weighted by atomic mass is 10.2. The van der Waals surface area contributed by atoms with Gasteiger partial charge in [0, 0.05) is 11.8 Å². The van der Waals surface area contributed by atoms with E-state index in [1.165, 1.54) is 0 Å². The molecule has 0 saturated carbocycles. The van der Waals surface area contributed by atoms with Crippen LogP contribution in [0.15, 0.2) is 61.2 Å². The van der Waals surface area contributed by atoms with Crippen LogP contribution >= 0.6 is 0 Å². The summed E-state index contributed by atoms with van der Waals surface area (Å²) in [6.07, 6.45) is 1.62. The molecule has 0 spiro atoms. The summed E-state index contributed by atoms with van der Waals surface area (Å²) in [6.45, 7) is 5.92. The number of anilines is 1. The molecule has 0 aliphatic rings. The molecule has 5 heteroatoms. The second-order valence-corrected chi connectivity index (χ2v) is 5.31. The van der Waals surface area contributed by atoms with Crippen LogP contribution < -0.4 is 19.5 Å². The molecular formula is C20H23NO4. The molecule has 0 aliphatic heterocycles. The van der Waals surface area contributed by atoms with Crippen molar-refractivity contribution in [3.05, 3.63) is 61.2 Å². The third-order valence-corrected chi connectivity index (χ3v) is 3.47. The van der Waals surface area contributed by atoms with E-state index in [1.54, 1.807) is 49.6 Å². The molecule has 25 heavy (non-hydrogen) atoms. The molecule has 1 N–H and O–H groups in total. The molecule has 0 heterocycles. The molecule has 0 aliphatic carbocycles. The van der Waals surface area contributed by atoms with Crippen LogP contribution in [0, 0.1) is 0 Å². The Bertz CT molecular complexity index is 697. The molecule has 0 radical (unpaired) electrons. The van der Waals surface area contributed by atoms with Crippen LogP contribution in [0.1, 0.15) is 13.3 Å². The number of hydrogen-bond acceptors (Lipinski definition) is 4. The zero-order chi connectivity index (χ0) is 18.1. The SMILES string of the molecule is C=CCOc1cccc(NC(=O)C(CC)Oc2ccc(OC)cc2)c1. The van der Waals surface area contributed by atoms with Crippen LogP contribution in [0.25, 0.3) is 0 Å². The Balaban J connectivity index is 2.00. The molecule has 132 valence electrons. The second kappa shape index (κ2) is 9.37. The monoisotopic (exact) mass is 341 g/mol. The summed E-state index contributed by atoms with van der Waals surface area (Å²) in [5.41, 5.74) is 0.656. The van der Waals surface area contributed by atoms with Gasteiger partial charge in [-0.3, -0.25) is 4.79 Å². The van der Waals surface area contributed by atoms with Crippen LogP contribution in [0.3, 0.4) is 0 Å². The first-order chi connectivity index (χ1) is 12.2. The van der Waals surface area contributed by atoms with E-state index in [0.717, 1.165) is 5.75 Å². The number of carbonyl (C=O) groups excluding carboxylic acids is 1. The minimum atomic E-state index is -0.592. The average molecular weight is 341 g/mol. The highest BCUT2D eigenvalue weighted by Crippen LogP contribution is 2.21. The van der Waals surface area contributed by atoms with Crippen LogP contribution in [0.5, 0.6) is 17.2 Å². The number of benzene rings is 2. The van der Waals surface area contributed by atoms with Gasteiger partial charge in [0.05, 0.1) is 7.11 Å². The molecule has 2 rings (SSSR count). The van der Waals surface area contributed by atoms with Gasteiger partial charge >= 0.3 is 0 Å². The summed E-state index contributed by atoms with van der Waals surface area (Å²) in [5, 5.41) is 2.86. The lowest BCUT2D eigenvalue weighted by molar-refractivity contribution is -0.122. The fourth-order valence-corrected chi connectivity index (χ4v) is 2.18. The van der Waals surface area contributed by atoms with Crippen molar-refractivity contribution in [1.29, 1.82) is 0 Å². The lowest BCUT2D eigenvalue weighted by Crippen LogP contribution is -2.32. The van der Waals surface area contributed by atoms with E-state index in [1.807, 2.05) is 19.1 Å². The quantitative estimate of drug-likeness (QED) is 0.699. The Hall–Kier alpha value is -2.95. The van der Waals surface area contributed by atoms with E-state index in [4.69, 9.17) is 14.2 Å². The Labute approximate surface area is 148 Å². The van der Waals surface area contributed by atoms with Crippen molar-refractivity contribution < 1.29 is 19.0 Å². The topological polar surface area (TPSA) is 56.8 Å². The van der Waals surface area contributed by atoms with Gasteiger partial charge in [0.2, 0.25) is 0 Å². The summed E-state index contributed by atoms with van der Waals surface area (Å²) in [4.78, 5) is 12.5. The van der Waals surface area contributed by atoms with Crippen LogP contribution in [0.2, 0.25) is 0 Å². The largest absolute Gasteiger partial charge is 0.497 e. The van der Waals surface area contributed by atoms with Gasteiger partial charge in [-0.05, 0) is 42.8 Å². The summed E-state index contributed by atoms with van der Waals surface area (Å²) < 4.78 is 16.4. The Kier molecular flexibility index (Phi) is 6.89. The minimum Gasteiger partial charge on any atom is -0.497 e. The van der Waals surface area contributed by atoms with Crippen molar-refractivity contribution in [2.75, 3.05) is 19.0 Å². The number of methoxy groups -OCH3 is 1. The normalized spacial score (nSPS) is 11.3. The third kappa shape index (κ3) is 5.57. The predicted molar refractivity (Wildman–Crippen MR) is 98.5 cm³/mol. The Morgan fingerprint density at radius 2 is 1.88 bits per heavy atom. The Morgan fingerprint density at radius 1 is 1.16 bits per heavy atom. The van der Waals surface area contributed by atoms with Crippen molar-refractivity contribution in [3.8, 4) is 17.2 Å². The zero-order valence-electron chi connectivity index (χ0n) is 14.5. The molecule has 1 unspecified atom stereocenters. The van der Waals surface area contributed by atoms with E-state index in [0.29, 0.717) is 30.2 Å². The molecule has 0 saturated heterocycles. The van der Waals surface area contributed by atoms with Crippen LogP contribution in [-0.4, -0.2) is 25.7 Å². The maximum atomic E-state index is 12.5. The molecule has 0 fully saturated rings. The molecule has 5 nitrogen and oxygen atoms in total. The van der Waals surface area contributed by atoms with Crippen LogP contribution in [0.4, 0.5) is 5.69 Å². The van der Waals surface area contributed by atoms with Gasteiger partial charge < -0.3 is 19.5 Å². The minimum absolute atomic E-state index is 0.209. The van der Waals surface area contributed by atoms with E-state index in [2.05, 4.69) is 11.9 Å². The number of nitrogens with one attached hydrogen (secondary N) is 1. The van der Waals surface area contributed by atoms with Crippen molar-refractivity contribution in [2.24, 2.45) is 0 Å². The fraction of sp³-hybridized carbons (Fsp3) is 0.250. The maximum Gasteiger partial charge on any atom is 0.265 e. The van der Waals surface area contributed by atoms with Crippen molar-refractivity contribution in [3.63, 3.8) is 0 Å². The van der Waals surface area contributed by atoms with Gasteiger partial charge in [0.15, 0.2) is 6.10 Å². The first-order valence-electron chi connectivity index (χ1n) is 8.11. The third-order valence-electron chi connectivity index (χ3n) is 3.47. The number of carbonyl (C=O) groups is 1. The van der Waals surface area contributed by atoms with E-state index >= 15 is 0 Å². The molecule has 0 aromatic heterocycles. The van der Waals surface area contributed by atoms with Crippen molar-refractivity contribution in [1.82, 2.24) is 0 Å². The highest BCUT2D eigenvalue weighted by Gasteiger charge is 2.18. The summed E-state index contributed by atoms with van der Waals surface area (Å²) in [5.74, 6) is 1.81. The number of rotatable bonds is 9. The fourth-order valence-electron chi connectivity index (χ4n) is 2.18. The highest BCUT2D eigenvalue weighted by molar-refractivity contribution is 5.94. The summed E-state index contributed by atoms with van der Waals surface area (Å²) >= 11 is 0. The number of ether oxygens (including phenoxy) is 3. The molecule has 2 aromatic rings. The molecular weight excluding hydrogens is 318 g/mol. The maximum absolute atomic E-state index is 12.5. The van der Waals surface area contributed by atoms with E-state index in [-0.39, 0.29) is 5.91 Å². The van der Waals surface area contributed by atoms with Gasteiger partial charge in [-0.2, -0.15) is 0 Å². The number of hydrogen-bond donors (Lipinski definition) is 1. The number of amides is 1. The molecule has 0 bridgehead atoms. The van der Waals surface area contributed by atoms with Gasteiger partial charge in [0.1, 0.15) is 23.9 Å². The first kappa shape index (κ1) is 18.4. The van der Waals surface area contributed by atoms with Gasteiger partial charge in [-0.25, -0.2) is 0 Å². The smallest absolute Gasteiger partial charge is 0.265 e. The second-order valence-electron chi connectivity index (χ2n) is 5.31. The molecule has 1 atom stereocenters. The predicted octanol–water partition coefficient (Wildman–Crippen LogP) is 4.06. The van der Waals surface area contributed by atoms with E-state index in [9.17, 15) is 4.79 Å². The highest BCUT2D eigenvalue weighted by atomic mass is 16.5. The lowest BCUT2D eigenvalue weighted by Gasteiger charge is -2.17. The average Bonchev–Trinajstić information content (AvgIpc) is 2.65.